The van der Waals surface area contributed by atoms with Gasteiger partial charge in [0.2, 0.25) is 0 Å². The van der Waals surface area contributed by atoms with Crippen LogP contribution >= 0.6 is 0 Å². The van der Waals surface area contributed by atoms with Gasteiger partial charge in [-0.25, -0.2) is 32.9 Å². The van der Waals surface area contributed by atoms with Crippen LogP contribution in [0.25, 0.3) is 17.1 Å². The fourth-order valence-corrected chi connectivity index (χ4v) is 4.52. The van der Waals surface area contributed by atoms with Crippen molar-refractivity contribution in [1.82, 2.24) is 29.5 Å². The predicted octanol–water partition coefficient (Wildman–Crippen LogP) is 6.06. The van der Waals surface area contributed by atoms with Crippen molar-refractivity contribution in [3.8, 4) is 23.1 Å². The summed E-state index contributed by atoms with van der Waals surface area (Å²) < 4.78 is 36.9. The highest BCUT2D eigenvalue weighted by molar-refractivity contribution is 5.92. The molecule has 0 radical (unpaired) electrons. The number of aryl methyl sites for hydroxylation is 1. The zero-order valence-corrected chi connectivity index (χ0v) is 23.4. The molecule has 0 atom stereocenters. The molecule has 3 aromatic heterocycles. The minimum atomic E-state index is -3.01. The third-order valence-electron chi connectivity index (χ3n) is 6.63. The van der Waals surface area contributed by atoms with Crippen LogP contribution in [0.15, 0.2) is 36.7 Å². The fourth-order valence-electron chi connectivity index (χ4n) is 4.52. The predicted molar refractivity (Wildman–Crippen MR) is 147 cm³/mol. The number of alkyl halides is 2. The Balaban J connectivity index is 1.52. The largest absolute Gasteiger partial charge is 0.456 e. The molecule has 1 N–H and O–H groups in total. The fraction of sp³-hybridized carbons (Fsp3) is 0.379. The van der Waals surface area contributed by atoms with Gasteiger partial charge in [0, 0.05) is 23.7 Å². The molecule has 1 aromatic carbocycles. The van der Waals surface area contributed by atoms with Gasteiger partial charge in [0.15, 0.2) is 5.82 Å². The monoisotopic (exact) mass is 560 g/mol. The van der Waals surface area contributed by atoms with Crippen molar-refractivity contribution in [1.29, 1.82) is 5.26 Å². The molecule has 12 heteroatoms. The second kappa shape index (κ2) is 10.7. The van der Waals surface area contributed by atoms with Gasteiger partial charge in [-0.2, -0.15) is 15.5 Å². The number of rotatable bonds is 8. The van der Waals surface area contributed by atoms with Crippen molar-refractivity contribution < 1.29 is 18.3 Å². The number of ether oxygens (including phenoxy) is 1. The van der Waals surface area contributed by atoms with E-state index in [-0.39, 0.29) is 17.1 Å². The average molecular weight is 561 g/mol. The number of nitrogens with zero attached hydrogens (tertiary/aromatic N) is 7. The van der Waals surface area contributed by atoms with Gasteiger partial charge < -0.3 is 10.1 Å². The summed E-state index contributed by atoms with van der Waals surface area (Å²) in [6.07, 6.45) is 0.478. The van der Waals surface area contributed by atoms with E-state index in [1.807, 2.05) is 23.7 Å². The summed E-state index contributed by atoms with van der Waals surface area (Å²) in [7, 11) is 0. The number of nitriles is 1. The first-order valence-electron chi connectivity index (χ1n) is 13.2. The molecule has 0 bridgehead atoms. The Labute approximate surface area is 236 Å². The Morgan fingerprint density at radius 2 is 1.88 bits per heavy atom. The molecule has 4 aromatic rings. The van der Waals surface area contributed by atoms with Gasteiger partial charge in [-0.3, -0.25) is 0 Å². The number of esters is 1. The van der Waals surface area contributed by atoms with Gasteiger partial charge in [0.05, 0.1) is 23.0 Å². The van der Waals surface area contributed by atoms with Crippen molar-refractivity contribution in [3.63, 3.8) is 0 Å². The molecule has 212 valence electrons. The highest BCUT2D eigenvalue weighted by Gasteiger charge is 2.32. The summed E-state index contributed by atoms with van der Waals surface area (Å²) in [6.45, 7) is 9.12. The van der Waals surface area contributed by atoms with Crippen LogP contribution in [-0.4, -0.2) is 41.1 Å². The summed E-state index contributed by atoms with van der Waals surface area (Å²) in [5.41, 5.74) is 1.41. The van der Waals surface area contributed by atoms with Crippen LogP contribution in [0.1, 0.15) is 72.9 Å². The summed E-state index contributed by atoms with van der Waals surface area (Å²) in [5.74, 6) is 0.763. The SMILES string of the molecule is Cc1nn(-c2cc(Nc3c(C)c(-c4ccc(C#N)cc4)nn3CC3CC3)ncn2)c(C(F)F)c1C(=O)OC(C)(C)C. The number of benzene rings is 1. The van der Waals surface area contributed by atoms with E-state index in [4.69, 9.17) is 15.1 Å². The van der Waals surface area contributed by atoms with Crippen LogP contribution < -0.4 is 5.32 Å². The zero-order chi connectivity index (χ0) is 29.5. The molecule has 1 aliphatic rings. The molecule has 1 aliphatic carbocycles. The van der Waals surface area contributed by atoms with E-state index in [0.29, 0.717) is 29.7 Å². The van der Waals surface area contributed by atoms with Gasteiger partial charge in [0.1, 0.15) is 34.8 Å². The second-order valence-corrected chi connectivity index (χ2v) is 11.1. The standard InChI is InChI=1S/C29H30F2N8O2/c1-16-24(20-10-8-18(13-32)9-11-20)37-38(14-19-6-7-19)27(16)35-21-12-22(34-15-33-21)39-25(26(30)31)23(17(2)36-39)28(40)41-29(3,4)5/h8-12,15,19,26H,6-7,14H2,1-5H3,(H,33,34,35). The van der Waals surface area contributed by atoms with E-state index in [1.54, 1.807) is 32.9 Å². The third-order valence-corrected chi connectivity index (χ3v) is 6.63. The number of carbonyl (C=O) groups is 1. The second-order valence-electron chi connectivity index (χ2n) is 11.1. The molecule has 10 nitrogen and oxygen atoms in total. The third kappa shape index (κ3) is 5.94. The molecule has 0 unspecified atom stereocenters. The smallest absolute Gasteiger partial charge is 0.342 e. The lowest BCUT2D eigenvalue weighted by atomic mass is 10.1. The van der Waals surface area contributed by atoms with Crippen molar-refractivity contribution in [3.05, 3.63) is 64.7 Å². The quantitative estimate of drug-likeness (QED) is 0.258. The van der Waals surface area contributed by atoms with E-state index in [9.17, 15) is 13.6 Å². The van der Waals surface area contributed by atoms with Crippen LogP contribution in [0.2, 0.25) is 0 Å². The average Bonchev–Trinajstić information content (AvgIpc) is 3.59. The number of nitrogens with one attached hydrogen (secondary N) is 1. The van der Waals surface area contributed by atoms with E-state index >= 15 is 0 Å². The van der Waals surface area contributed by atoms with Gasteiger partial charge >= 0.3 is 5.97 Å². The van der Waals surface area contributed by atoms with Crippen molar-refractivity contribution in [2.75, 3.05) is 5.32 Å². The summed E-state index contributed by atoms with van der Waals surface area (Å²) in [6, 6.07) is 10.8. The highest BCUT2D eigenvalue weighted by atomic mass is 19.3. The maximum atomic E-state index is 14.3. The van der Waals surface area contributed by atoms with Crippen LogP contribution in [-0.2, 0) is 11.3 Å². The summed E-state index contributed by atoms with van der Waals surface area (Å²) in [5, 5.41) is 21.5. The lowest BCUT2D eigenvalue weighted by Gasteiger charge is -2.19. The lowest BCUT2D eigenvalue weighted by Crippen LogP contribution is -2.25. The molecule has 1 fully saturated rings. The van der Waals surface area contributed by atoms with E-state index in [2.05, 4.69) is 26.5 Å². The number of halogens is 2. The first kappa shape index (κ1) is 27.9. The van der Waals surface area contributed by atoms with Crippen molar-refractivity contribution in [2.24, 2.45) is 5.92 Å². The van der Waals surface area contributed by atoms with Crippen molar-refractivity contribution >= 4 is 17.6 Å². The van der Waals surface area contributed by atoms with Crippen LogP contribution in [0.3, 0.4) is 0 Å². The number of hydrogen-bond acceptors (Lipinski definition) is 8. The Kier molecular flexibility index (Phi) is 7.29. The summed E-state index contributed by atoms with van der Waals surface area (Å²) in [4.78, 5) is 21.3. The van der Waals surface area contributed by atoms with Gasteiger partial charge in [0.25, 0.3) is 6.43 Å². The Morgan fingerprint density at radius 1 is 1.17 bits per heavy atom. The first-order chi connectivity index (χ1) is 19.4. The Morgan fingerprint density at radius 3 is 2.49 bits per heavy atom. The molecular formula is C29H30F2N8O2. The topological polar surface area (TPSA) is 124 Å². The normalized spacial score (nSPS) is 13.3. The maximum absolute atomic E-state index is 14.3. The molecule has 0 saturated heterocycles. The molecule has 0 aliphatic heterocycles. The number of aromatic nitrogens is 6. The van der Waals surface area contributed by atoms with Crippen molar-refractivity contribution in [2.45, 2.75) is 66.0 Å². The minimum absolute atomic E-state index is 0.0638. The molecular weight excluding hydrogens is 530 g/mol. The Hall–Kier alpha value is -4.66. The zero-order valence-electron chi connectivity index (χ0n) is 23.4. The molecule has 5 rings (SSSR count). The molecule has 0 amide bonds. The lowest BCUT2D eigenvalue weighted by molar-refractivity contribution is 0.00607. The maximum Gasteiger partial charge on any atom is 0.342 e. The van der Waals surface area contributed by atoms with Gasteiger partial charge in [-0.1, -0.05) is 12.1 Å². The molecule has 1 saturated carbocycles. The van der Waals surface area contributed by atoms with Crippen LogP contribution in [0.4, 0.5) is 20.4 Å². The van der Waals surface area contributed by atoms with E-state index in [0.717, 1.165) is 34.3 Å². The summed E-state index contributed by atoms with van der Waals surface area (Å²) >= 11 is 0. The number of carbonyl (C=O) groups excluding carboxylic acids is 1. The molecule has 3 heterocycles. The van der Waals surface area contributed by atoms with E-state index < -0.39 is 23.7 Å². The van der Waals surface area contributed by atoms with Crippen LogP contribution in [0.5, 0.6) is 0 Å². The first-order valence-corrected chi connectivity index (χ1v) is 13.2. The van der Waals surface area contributed by atoms with E-state index in [1.165, 1.54) is 19.3 Å². The minimum Gasteiger partial charge on any atom is -0.456 e. The number of anilines is 2. The molecule has 0 spiro atoms. The van der Waals surface area contributed by atoms with Crippen LogP contribution in [0, 0.1) is 31.1 Å². The Bertz CT molecular complexity index is 1640. The van der Waals surface area contributed by atoms with Gasteiger partial charge in [-0.05, 0) is 65.5 Å². The number of hydrogen-bond donors (Lipinski definition) is 1. The van der Waals surface area contributed by atoms with Gasteiger partial charge in [-0.15, -0.1) is 0 Å². The molecule has 41 heavy (non-hydrogen) atoms. The highest BCUT2D eigenvalue weighted by Crippen LogP contribution is 2.36.